The molecule has 0 bridgehead atoms. The van der Waals surface area contributed by atoms with Crippen molar-refractivity contribution >= 4 is 21.5 Å². The zero-order chi connectivity index (χ0) is 24.7. The molecule has 174 valence electrons. The Morgan fingerprint density at radius 3 is 2.12 bits per heavy atom. The largest absolute Gasteiger partial charge is 1.00 e. The van der Waals surface area contributed by atoms with Gasteiger partial charge in [0.15, 0.2) is 5.78 Å². The van der Waals surface area contributed by atoms with Crippen LogP contribution in [0.2, 0.25) is 0 Å². The Hall–Kier alpha value is -1.96. The van der Waals surface area contributed by atoms with Crippen molar-refractivity contribution in [3.05, 3.63) is 87.5 Å². The number of carbonyl (C=O) groups is 1. The van der Waals surface area contributed by atoms with E-state index in [0.717, 1.165) is 5.56 Å². The molecule has 2 aromatic carbocycles. The third-order valence-corrected chi connectivity index (χ3v) is 6.83. The topological polar surface area (TPSA) is 94.5 Å². The summed E-state index contributed by atoms with van der Waals surface area (Å²) in [5.41, 5.74) is 4.91. The first-order valence-corrected chi connectivity index (χ1v) is 12.3. The van der Waals surface area contributed by atoms with Crippen LogP contribution in [-0.4, -0.2) is 23.9 Å². The Morgan fingerprint density at radius 2 is 1.56 bits per heavy atom. The van der Waals surface area contributed by atoms with Gasteiger partial charge in [0, 0.05) is 11.1 Å². The summed E-state index contributed by atoms with van der Waals surface area (Å²) in [7, 11) is -4.77. The monoisotopic (exact) mass is 488 g/mol. The second-order valence-corrected chi connectivity index (χ2v) is 10.4. The summed E-state index contributed by atoms with van der Waals surface area (Å²) in [5, 5.41) is 10.5. The van der Waals surface area contributed by atoms with Crippen molar-refractivity contribution in [2.45, 2.75) is 52.4 Å². The van der Waals surface area contributed by atoms with Crippen LogP contribution in [0.1, 0.15) is 62.8 Å². The van der Waals surface area contributed by atoms with E-state index in [1.54, 1.807) is 37.3 Å². The predicted molar refractivity (Wildman–Crippen MR) is 129 cm³/mol. The Labute approximate surface area is 224 Å². The minimum atomic E-state index is -4.77. The van der Waals surface area contributed by atoms with Crippen molar-refractivity contribution in [1.29, 1.82) is 0 Å². The molecule has 2 aromatic rings. The van der Waals surface area contributed by atoms with Crippen LogP contribution < -0.4 is 29.6 Å². The number of aryl methyl sites for hydroxylation is 1. The van der Waals surface area contributed by atoms with E-state index < -0.39 is 10.1 Å². The normalized spacial score (nSPS) is 15.7. The van der Waals surface area contributed by atoms with Gasteiger partial charge in [-0.2, -0.15) is 0 Å². The number of ketones is 1. The van der Waals surface area contributed by atoms with Crippen molar-refractivity contribution < 1.29 is 52.4 Å². The summed E-state index contributed by atoms with van der Waals surface area (Å²) >= 11 is 0. The smallest absolute Gasteiger partial charge is 0.744 e. The van der Waals surface area contributed by atoms with Crippen molar-refractivity contribution in [3.63, 3.8) is 0 Å². The van der Waals surface area contributed by atoms with Crippen LogP contribution in [0.5, 0.6) is 5.75 Å². The van der Waals surface area contributed by atoms with Crippen molar-refractivity contribution in [2.75, 3.05) is 0 Å². The molecule has 0 atom stereocenters. The third kappa shape index (κ3) is 5.64. The van der Waals surface area contributed by atoms with Gasteiger partial charge < -0.3 is 9.66 Å². The number of allylic oxidation sites excluding steroid dienone is 5. The molecule has 7 heteroatoms. The van der Waals surface area contributed by atoms with Crippen LogP contribution in [0.15, 0.2) is 70.2 Å². The molecule has 0 spiro atoms. The fraction of sp³-hybridized carbons (Fsp3) is 0.296. The number of rotatable bonds is 5. The summed E-state index contributed by atoms with van der Waals surface area (Å²) in [6.45, 7) is 11.4. The number of hydrogen-bond acceptors (Lipinski definition) is 5. The summed E-state index contributed by atoms with van der Waals surface area (Å²) in [6, 6.07) is 9.61. The number of carbonyl (C=O) groups excluding carboxylic acids is 1. The average molecular weight is 489 g/mol. The quantitative estimate of drug-likeness (QED) is 0.516. The molecule has 1 N–H and O–H groups in total. The van der Waals surface area contributed by atoms with Crippen LogP contribution in [0.25, 0.3) is 5.57 Å². The average Bonchev–Trinajstić information content (AvgIpc) is 2.70. The summed E-state index contributed by atoms with van der Waals surface area (Å²) in [4.78, 5) is 12.3. The number of benzene rings is 2. The molecule has 0 radical (unpaired) electrons. The van der Waals surface area contributed by atoms with Gasteiger partial charge in [0.05, 0.1) is 4.90 Å². The summed E-state index contributed by atoms with van der Waals surface area (Å²) < 4.78 is 36.6. The second-order valence-electron chi connectivity index (χ2n) is 9.07. The van der Waals surface area contributed by atoms with Crippen LogP contribution in [0, 0.1) is 12.8 Å². The van der Waals surface area contributed by atoms with Gasteiger partial charge in [-0.25, -0.2) is 8.42 Å². The number of aromatic hydroxyl groups is 1. The maximum Gasteiger partial charge on any atom is 1.00 e. The van der Waals surface area contributed by atoms with E-state index >= 15 is 0 Å². The zero-order valence-corrected chi connectivity index (χ0v) is 23.6. The van der Waals surface area contributed by atoms with E-state index in [-0.39, 0.29) is 63.4 Å². The van der Waals surface area contributed by atoms with Crippen LogP contribution >= 0.6 is 0 Å². The first-order chi connectivity index (χ1) is 15.3. The Balaban J connectivity index is 0.00000408. The van der Waals surface area contributed by atoms with Gasteiger partial charge >= 0.3 is 29.6 Å². The molecular formula is C27H29NaO5S. The first kappa shape index (κ1) is 28.3. The van der Waals surface area contributed by atoms with Gasteiger partial charge in [-0.3, -0.25) is 4.79 Å². The maximum absolute atomic E-state index is 12.6. The van der Waals surface area contributed by atoms with Gasteiger partial charge in [-0.05, 0) is 89.4 Å². The predicted octanol–water partition coefficient (Wildman–Crippen LogP) is 2.65. The number of phenols is 1. The molecule has 1 aliphatic carbocycles. The standard InChI is InChI=1S/C27H30O5S.Na/c1-15(2)20-13-22(17(5)11-24(20)28)27(19-9-7-8-10-26(19)33(30,31)32)23-14-21(16(3)4)25(29)12-18(23)6;/h7-16,28H,1-6H3,(H,30,31,32);/q;+1/p-1/b27-23-;. The van der Waals surface area contributed by atoms with Gasteiger partial charge in [-0.15, -0.1) is 0 Å². The maximum atomic E-state index is 12.6. The van der Waals surface area contributed by atoms with Crippen LogP contribution in [0.4, 0.5) is 0 Å². The van der Waals surface area contributed by atoms with Crippen molar-refractivity contribution in [1.82, 2.24) is 0 Å². The Kier molecular flexibility index (Phi) is 8.94. The first-order valence-electron chi connectivity index (χ1n) is 10.9. The molecule has 0 heterocycles. The Bertz CT molecular complexity index is 1330. The third-order valence-electron chi connectivity index (χ3n) is 5.94. The van der Waals surface area contributed by atoms with Crippen LogP contribution in [0.3, 0.4) is 0 Å². The van der Waals surface area contributed by atoms with Gasteiger partial charge in [0.1, 0.15) is 15.9 Å². The van der Waals surface area contributed by atoms with Gasteiger partial charge in [-0.1, -0.05) is 45.9 Å². The fourth-order valence-electron chi connectivity index (χ4n) is 4.19. The fourth-order valence-corrected chi connectivity index (χ4v) is 4.87. The molecule has 34 heavy (non-hydrogen) atoms. The number of hydrogen-bond donors (Lipinski definition) is 1. The molecule has 5 nitrogen and oxygen atoms in total. The van der Waals surface area contributed by atoms with E-state index in [0.29, 0.717) is 33.4 Å². The molecule has 0 amide bonds. The van der Waals surface area contributed by atoms with E-state index in [1.807, 2.05) is 40.7 Å². The van der Waals surface area contributed by atoms with Gasteiger partial charge in [0.2, 0.25) is 0 Å². The minimum Gasteiger partial charge on any atom is -0.744 e. The molecule has 0 fully saturated rings. The molecule has 0 unspecified atom stereocenters. The van der Waals surface area contributed by atoms with Crippen molar-refractivity contribution in [2.24, 2.45) is 5.92 Å². The molecule has 3 rings (SSSR count). The van der Waals surface area contributed by atoms with Crippen molar-refractivity contribution in [3.8, 4) is 5.75 Å². The van der Waals surface area contributed by atoms with Crippen LogP contribution in [-0.2, 0) is 14.9 Å². The summed E-state index contributed by atoms with van der Waals surface area (Å²) in [6.07, 6.45) is 3.35. The SMILES string of the molecule is CC1=CC(=O)C(C(C)C)=C/C1=C(/c1cc(C(C)C)c(O)cc1C)c1ccccc1S(=O)(=O)[O-].[Na+]. The minimum absolute atomic E-state index is 0. The molecule has 0 aromatic heterocycles. The van der Waals surface area contributed by atoms with E-state index in [9.17, 15) is 22.9 Å². The molecular weight excluding hydrogens is 459 g/mol. The van der Waals surface area contributed by atoms with E-state index in [4.69, 9.17) is 0 Å². The second kappa shape index (κ2) is 10.8. The molecule has 0 saturated heterocycles. The number of phenolic OH excluding ortho intramolecular Hbond substituents is 1. The van der Waals surface area contributed by atoms with E-state index in [2.05, 4.69) is 0 Å². The zero-order valence-electron chi connectivity index (χ0n) is 20.8. The molecule has 0 aliphatic heterocycles. The Morgan fingerprint density at radius 1 is 0.941 bits per heavy atom. The van der Waals surface area contributed by atoms with Gasteiger partial charge in [0.25, 0.3) is 0 Å². The molecule has 0 saturated carbocycles. The van der Waals surface area contributed by atoms with E-state index in [1.165, 1.54) is 12.1 Å². The summed E-state index contributed by atoms with van der Waals surface area (Å²) in [5.74, 6) is 0.0506. The molecule has 1 aliphatic rings.